The molecule has 0 aliphatic carbocycles. The van der Waals surface area contributed by atoms with Crippen molar-refractivity contribution in [3.8, 4) is 0 Å². The van der Waals surface area contributed by atoms with Crippen LogP contribution < -0.4 is 9.97 Å². The van der Waals surface area contributed by atoms with Crippen molar-refractivity contribution in [2.45, 2.75) is 65.6 Å². The third-order valence-corrected chi connectivity index (χ3v) is 8.79. The maximum Gasteiger partial charge on any atom is 2.00 e. The Kier molecular flexibility index (Phi) is 10.3. The van der Waals surface area contributed by atoms with Gasteiger partial charge >= 0.3 is 29.0 Å². The van der Waals surface area contributed by atoms with Crippen molar-refractivity contribution in [3.05, 3.63) is 80.8 Å². The summed E-state index contributed by atoms with van der Waals surface area (Å²) in [6, 6.07) is 7.62. The van der Waals surface area contributed by atoms with E-state index in [1.807, 2.05) is 58.9 Å². The molecule has 11 heteroatoms. The number of nitrogens with zero attached hydrogens (tertiary/aromatic N) is 4. The predicted octanol–water partition coefficient (Wildman–Crippen LogP) is 7.37. The molecule has 0 amide bonds. The number of carboxylic acid groups (broad SMARTS) is 2. The van der Waals surface area contributed by atoms with E-state index in [0.717, 1.165) is 55.6 Å². The van der Waals surface area contributed by atoms with E-state index in [1.54, 1.807) is 0 Å². The van der Waals surface area contributed by atoms with Crippen molar-refractivity contribution in [3.63, 3.8) is 0 Å². The molecule has 3 aromatic rings. The Morgan fingerprint density at radius 2 is 1.31 bits per heavy atom. The van der Waals surface area contributed by atoms with E-state index in [0.29, 0.717) is 38.7 Å². The van der Waals surface area contributed by atoms with Gasteiger partial charge in [-0.15, -0.1) is 34.7 Å². The Balaban J connectivity index is 0.00000461. The van der Waals surface area contributed by atoms with Gasteiger partial charge in [0.05, 0.1) is 22.8 Å². The minimum absolute atomic E-state index is 0. The average molecular weight is 683 g/mol. The van der Waals surface area contributed by atoms with Gasteiger partial charge in [-0.1, -0.05) is 47.5 Å². The number of rotatable bonds is 8. The molecule has 0 unspecified atom stereocenters. The van der Waals surface area contributed by atoms with E-state index in [2.05, 4.69) is 19.2 Å². The Morgan fingerprint density at radius 1 is 0.800 bits per heavy atom. The quantitative estimate of drug-likeness (QED) is 0.143. The molecule has 0 spiro atoms. The first-order chi connectivity index (χ1) is 20.8. The summed E-state index contributed by atoms with van der Waals surface area (Å²) in [5.41, 5.74) is 12.4. The summed E-state index contributed by atoms with van der Waals surface area (Å²) in [4.78, 5) is 43.6. The van der Waals surface area contributed by atoms with Crippen molar-refractivity contribution in [1.82, 2.24) is 19.9 Å². The van der Waals surface area contributed by atoms with Gasteiger partial charge in [-0.3, -0.25) is 9.59 Å². The normalized spacial score (nSPS) is 13.6. The molecule has 45 heavy (non-hydrogen) atoms. The summed E-state index contributed by atoms with van der Waals surface area (Å²) in [5, 5.41) is 18.8. The van der Waals surface area contributed by atoms with Crippen LogP contribution in [0.3, 0.4) is 0 Å². The standard InChI is InChI=1S/C34H36N4O4S2.Fe/c1-15-21(7-9-31(39)40)27-14-28-22(8-10-32(41)42)16(2)24(36-28)12-29-34(20(6)44)18(4)26(38-29)13-30-33(19(5)43)17(3)25(37-30)11-23(15)35-27;/h11-14,20H,5,7-10H2,1-4,6H3,(H6,35,36,37,38,39,40,41,42,43,44);/q;+2/p-2/t20-;/m1./s1. The fourth-order valence-electron chi connectivity index (χ4n) is 5.97. The number of carboxylic acids is 2. The molecule has 234 valence electrons. The molecular weight excluding hydrogens is 648 g/mol. The molecule has 0 saturated heterocycles. The van der Waals surface area contributed by atoms with Crippen LogP contribution in [-0.4, -0.2) is 32.1 Å². The van der Waals surface area contributed by atoms with Crippen LogP contribution in [-0.2, 0) is 33.1 Å². The molecule has 0 fully saturated rings. The minimum atomic E-state index is -0.904. The molecule has 2 aliphatic heterocycles. The van der Waals surface area contributed by atoms with Crippen molar-refractivity contribution in [2.24, 2.45) is 0 Å². The molecule has 8 nitrogen and oxygen atoms in total. The van der Waals surface area contributed by atoms with E-state index in [4.69, 9.17) is 32.6 Å². The molecule has 0 aromatic carbocycles. The van der Waals surface area contributed by atoms with Crippen LogP contribution in [0.1, 0.15) is 90.3 Å². The molecule has 0 radical (unpaired) electrons. The van der Waals surface area contributed by atoms with Gasteiger partial charge in [0.2, 0.25) is 0 Å². The molecule has 2 N–H and O–H groups in total. The van der Waals surface area contributed by atoms with Crippen LogP contribution in [0.5, 0.6) is 0 Å². The van der Waals surface area contributed by atoms with E-state index in [-0.39, 0.29) is 48.0 Å². The van der Waals surface area contributed by atoms with E-state index < -0.39 is 11.9 Å². The van der Waals surface area contributed by atoms with Crippen molar-refractivity contribution in [2.75, 3.05) is 0 Å². The predicted molar refractivity (Wildman–Crippen MR) is 182 cm³/mol. The fourth-order valence-corrected chi connectivity index (χ4v) is 6.58. The van der Waals surface area contributed by atoms with Crippen LogP contribution in [0.4, 0.5) is 0 Å². The summed E-state index contributed by atoms with van der Waals surface area (Å²) in [5.74, 6) is -1.81. The van der Waals surface area contributed by atoms with Crippen LogP contribution in [0.2, 0.25) is 0 Å². The smallest absolute Gasteiger partial charge is 0.657 e. The van der Waals surface area contributed by atoms with Crippen LogP contribution in [0, 0.1) is 13.8 Å². The summed E-state index contributed by atoms with van der Waals surface area (Å²) in [7, 11) is 0. The molecule has 3 aromatic heterocycles. The van der Waals surface area contributed by atoms with Gasteiger partial charge in [0, 0.05) is 28.6 Å². The van der Waals surface area contributed by atoms with Gasteiger partial charge in [0.25, 0.3) is 0 Å². The fraction of sp³-hybridized carbons (Fsp3) is 0.294. The van der Waals surface area contributed by atoms with Gasteiger partial charge < -0.3 is 20.2 Å². The molecule has 2 aliphatic rings. The number of hydrogen-bond donors (Lipinski definition) is 4. The summed E-state index contributed by atoms with van der Waals surface area (Å²) in [6.07, 6.45) is 0.454. The zero-order valence-corrected chi connectivity index (χ0v) is 28.6. The second kappa shape index (κ2) is 13.5. The third kappa shape index (κ3) is 6.72. The number of aliphatic carboxylic acids is 2. The second-order valence-corrected chi connectivity index (χ2v) is 12.6. The van der Waals surface area contributed by atoms with Gasteiger partial charge in [-0.25, -0.2) is 9.97 Å². The van der Waals surface area contributed by atoms with Crippen molar-refractivity contribution >= 4 is 81.6 Å². The first-order valence-corrected chi connectivity index (χ1v) is 15.3. The number of allylic oxidation sites excluding steroid dienone is 4. The largest absolute Gasteiger partial charge is 2.00 e. The first kappa shape index (κ1) is 34.4. The number of thiol groups is 2. The number of fused-ring (bicyclic) bond motifs is 8. The monoisotopic (exact) mass is 682 g/mol. The van der Waals surface area contributed by atoms with Gasteiger partial charge in [-0.05, 0) is 69.7 Å². The minimum Gasteiger partial charge on any atom is -0.657 e. The summed E-state index contributed by atoms with van der Waals surface area (Å²) in [6.45, 7) is 13.9. The third-order valence-electron chi connectivity index (χ3n) is 8.31. The average Bonchev–Trinajstić information content (AvgIpc) is 3.59. The number of hydrogen-bond acceptors (Lipinski definition) is 6. The van der Waals surface area contributed by atoms with Crippen LogP contribution >= 0.6 is 25.3 Å². The maximum atomic E-state index is 11.6. The molecule has 8 bridgehead atoms. The Morgan fingerprint density at radius 3 is 1.93 bits per heavy atom. The molecule has 5 rings (SSSR count). The van der Waals surface area contributed by atoms with Crippen molar-refractivity contribution < 1.29 is 36.9 Å². The molecular formula is C34H34FeN4O4S2. The number of carbonyl (C=O) groups is 2. The van der Waals surface area contributed by atoms with Gasteiger partial charge in [0.1, 0.15) is 0 Å². The molecule has 5 heterocycles. The summed E-state index contributed by atoms with van der Waals surface area (Å²) < 4.78 is 0. The van der Waals surface area contributed by atoms with Gasteiger partial charge in [-0.2, -0.15) is 12.6 Å². The van der Waals surface area contributed by atoms with E-state index >= 15 is 0 Å². The van der Waals surface area contributed by atoms with Gasteiger partial charge in [0.15, 0.2) is 0 Å². The molecule has 1 atom stereocenters. The second-order valence-electron chi connectivity index (χ2n) is 11.3. The number of aromatic nitrogens is 4. The maximum absolute atomic E-state index is 11.6. The summed E-state index contributed by atoms with van der Waals surface area (Å²) >= 11 is 9.37. The first-order valence-electron chi connectivity index (χ1n) is 14.3. The number of aryl methyl sites for hydroxylation is 3. The Labute approximate surface area is 283 Å². The van der Waals surface area contributed by atoms with E-state index in [1.165, 1.54) is 0 Å². The molecule has 0 saturated carbocycles. The zero-order chi connectivity index (χ0) is 32.0. The van der Waals surface area contributed by atoms with Crippen LogP contribution in [0.15, 0.2) is 35.7 Å². The topological polar surface area (TPSA) is 129 Å². The SMILES string of the molecule is C=C(S)C1=C(C)c2cc3[n-]c(cc4nc(cc5[n-]c(cc1n2)c(C)c5[C@@H](C)S)C(C)=C4CCC(=O)O)c(CCC(=O)O)c3C.[Fe+2]. The van der Waals surface area contributed by atoms with Crippen molar-refractivity contribution in [1.29, 1.82) is 0 Å². The Bertz CT molecular complexity index is 1980. The zero-order valence-electron chi connectivity index (χ0n) is 25.7. The van der Waals surface area contributed by atoms with E-state index in [9.17, 15) is 19.8 Å². The van der Waals surface area contributed by atoms with Crippen LogP contribution in [0.25, 0.3) is 44.4 Å². The Hall–Kier alpha value is -3.50.